The number of alkyl halides is 3. The molecule has 0 fully saturated rings. The number of rotatable bonds is 2. The highest BCUT2D eigenvalue weighted by molar-refractivity contribution is 9.10. The molecule has 0 amide bonds. The van der Waals surface area contributed by atoms with Crippen LogP contribution in [0, 0.1) is 5.92 Å². The van der Waals surface area contributed by atoms with Gasteiger partial charge in [-0.15, -0.1) is 0 Å². The predicted octanol–water partition coefficient (Wildman–Crippen LogP) is 5.01. The van der Waals surface area contributed by atoms with E-state index in [0.29, 0.717) is 33.0 Å². The third-order valence-corrected chi connectivity index (χ3v) is 4.81. The maximum Gasteiger partial charge on any atom is 0.416 e. The molecule has 2 rings (SSSR count). The minimum atomic E-state index is -4.36. The van der Waals surface area contributed by atoms with E-state index < -0.39 is 11.7 Å². The third-order valence-electron chi connectivity index (χ3n) is 2.90. The second kappa shape index (κ2) is 5.97. The van der Waals surface area contributed by atoms with Gasteiger partial charge in [0.05, 0.1) is 12.1 Å². The summed E-state index contributed by atoms with van der Waals surface area (Å²) >= 11 is 4.68. The van der Waals surface area contributed by atoms with E-state index in [4.69, 9.17) is 0 Å². The van der Waals surface area contributed by atoms with Crippen LogP contribution in [0.2, 0.25) is 0 Å². The summed E-state index contributed by atoms with van der Waals surface area (Å²) in [6, 6.07) is 3.77. The lowest BCUT2D eigenvalue weighted by atomic mass is 10.1. The molecule has 0 saturated heterocycles. The van der Waals surface area contributed by atoms with Crippen LogP contribution in [0.3, 0.4) is 0 Å². The lowest BCUT2D eigenvalue weighted by Crippen LogP contribution is -2.13. The first kappa shape index (κ1) is 15.7. The number of anilines is 1. The summed E-state index contributed by atoms with van der Waals surface area (Å²) in [6.45, 7) is 4.92. The van der Waals surface area contributed by atoms with E-state index in [1.54, 1.807) is 17.8 Å². The second-order valence-electron chi connectivity index (χ2n) is 4.90. The first-order chi connectivity index (χ1) is 9.25. The average Bonchev–Trinajstić information content (AvgIpc) is 2.75. The first-order valence-electron chi connectivity index (χ1n) is 6.11. The van der Waals surface area contributed by atoms with Gasteiger partial charge in [0.15, 0.2) is 5.17 Å². The highest BCUT2D eigenvalue weighted by Crippen LogP contribution is 2.34. The van der Waals surface area contributed by atoms with Crippen LogP contribution in [0.1, 0.15) is 19.4 Å². The van der Waals surface area contributed by atoms with E-state index in [9.17, 15) is 13.2 Å². The van der Waals surface area contributed by atoms with Crippen LogP contribution in [0.4, 0.5) is 18.9 Å². The fourth-order valence-electron chi connectivity index (χ4n) is 1.76. The van der Waals surface area contributed by atoms with Gasteiger partial charge in [0.2, 0.25) is 0 Å². The van der Waals surface area contributed by atoms with Crippen molar-refractivity contribution in [1.29, 1.82) is 0 Å². The molecule has 0 aromatic heterocycles. The molecule has 0 aliphatic carbocycles. The van der Waals surface area contributed by atoms with Crippen LogP contribution in [-0.4, -0.2) is 17.0 Å². The Morgan fingerprint density at radius 1 is 1.35 bits per heavy atom. The highest BCUT2D eigenvalue weighted by Gasteiger charge is 2.31. The molecule has 2 nitrogen and oxygen atoms in total. The zero-order valence-corrected chi connectivity index (χ0v) is 13.4. The van der Waals surface area contributed by atoms with Gasteiger partial charge in [-0.1, -0.05) is 41.5 Å². The number of nitrogens with zero attached hydrogens (tertiary/aromatic N) is 1. The van der Waals surface area contributed by atoms with Gasteiger partial charge in [0.25, 0.3) is 0 Å². The van der Waals surface area contributed by atoms with Gasteiger partial charge in [-0.3, -0.25) is 4.99 Å². The second-order valence-corrected chi connectivity index (χ2v) is 7.04. The monoisotopic (exact) mass is 366 g/mol. The van der Waals surface area contributed by atoms with Gasteiger partial charge in [0, 0.05) is 15.4 Å². The molecule has 1 N–H and O–H groups in total. The molecule has 1 aliphatic heterocycles. The molecule has 7 heteroatoms. The van der Waals surface area contributed by atoms with Crippen LogP contribution >= 0.6 is 27.7 Å². The summed E-state index contributed by atoms with van der Waals surface area (Å²) in [7, 11) is 0. The lowest BCUT2D eigenvalue weighted by Gasteiger charge is -2.13. The van der Waals surface area contributed by atoms with Gasteiger partial charge in [-0.05, 0) is 24.1 Å². The smallest absolute Gasteiger partial charge is 0.335 e. The van der Waals surface area contributed by atoms with Crippen molar-refractivity contribution in [2.24, 2.45) is 10.9 Å². The Morgan fingerprint density at radius 3 is 2.60 bits per heavy atom. The number of hydrogen-bond acceptors (Lipinski definition) is 3. The Bertz CT molecular complexity index is 529. The lowest BCUT2D eigenvalue weighted by molar-refractivity contribution is -0.137. The molecular weight excluding hydrogens is 353 g/mol. The summed E-state index contributed by atoms with van der Waals surface area (Å²) in [6.07, 6.45) is -4.36. The van der Waals surface area contributed by atoms with Crippen molar-refractivity contribution in [3.63, 3.8) is 0 Å². The minimum Gasteiger partial charge on any atom is -0.335 e. The fraction of sp³-hybridized carbons (Fsp3) is 0.462. The number of nitrogens with one attached hydrogen (secondary N) is 1. The molecule has 1 aromatic rings. The third kappa shape index (κ3) is 3.91. The minimum absolute atomic E-state index is 0.381. The molecule has 0 spiro atoms. The number of benzene rings is 1. The number of hydrogen-bond donors (Lipinski definition) is 1. The van der Waals surface area contributed by atoms with Crippen molar-refractivity contribution in [2.45, 2.75) is 25.3 Å². The van der Waals surface area contributed by atoms with E-state index in [-0.39, 0.29) is 0 Å². The van der Waals surface area contributed by atoms with E-state index in [0.717, 1.165) is 12.1 Å². The van der Waals surface area contributed by atoms with Crippen molar-refractivity contribution < 1.29 is 13.2 Å². The molecule has 110 valence electrons. The Balaban J connectivity index is 2.13. The average molecular weight is 367 g/mol. The van der Waals surface area contributed by atoms with Crippen molar-refractivity contribution in [3.8, 4) is 0 Å². The van der Waals surface area contributed by atoms with E-state index >= 15 is 0 Å². The van der Waals surface area contributed by atoms with Crippen molar-refractivity contribution >= 4 is 38.5 Å². The van der Waals surface area contributed by atoms with Crippen molar-refractivity contribution in [1.82, 2.24) is 0 Å². The summed E-state index contributed by atoms with van der Waals surface area (Å²) in [5.41, 5.74) is -0.291. The Morgan fingerprint density at radius 2 is 2.05 bits per heavy atom. The molecule has 1 heterocycles. The van der Waals surface area contributed by atoms with Gasteiger partial charge in [-0.2, -0.15) is 13.2 Å². The Hall–Kier alpha value is -0.690. The zero-order valence-electron chi connectivity index (χ0n) is 11.0. The summed E-state index contributed by atoms with van der Waals surface area (Å²) < 4.78 is 38.6. The zero-order chi connectivity index (χ0) is 14.9. The SMILES string of the molecule is CC(C)C1CN=C(Nc2cc(Br)cc(C(F)(F)F)c2)S1. The quantitative estimate of drug-likeness (QED) is 0.795. The van der Waals surface area contributed by atoms with Crippen LogP contribution in [0.5, 0.6) is 0 Å². The molecule has 1 aromatic carbocycles. The maximum atomic E-state index is 12.7. The fourth-order valence-corrected chi connectivity index (χ4v) is 3.28. The molecular formula is C13H14BrF3N2S. The van der Waals surface area contributed by atoms with Gasteiger partial charge < -0.3 is 5.32 Å². The van der Waals surface area contributed by atoms with Crippen molar-refractivity contribution in [3.05, 3.63) is 28.2 Å². The maximum absolute atomic E-state index is 12.7. The molecule has 1 atom stereocenters. The molecule has 1 unspecified atom stereocenters. The number of aliphatic imine (C=N–C) groups is 1. The van der Waals surface area contributed by atoms with Crippen molar-refractivity contribution in [2.75, 3.05) is 11.9 Å². The number of halogens is 4. The Labute approximate surface area is 128 Å². The highest BCUT2D eigenvalue weighted by atomic mass is 79.9. The van der Waals surface area contributed by atoms with Crippen LogP contribution in [0.15, 0.2) is 27.7 Å². The van der Waals surface area contributed by atoms with E-state index in [1.807, 2.05) is 0 Å². The normalized spacial score (nSPS) is 19.4. The first-order valence-corrected chi connectivity index (χ1v) is 7.79. The van der Waals surface area contributed by atoms with Crippen LogP contribution in [0.25, 0.3) is 0 Å². The van der Waals surface area contributed by atoms with Gasteiger partial charge in [-0.25, -0.2) is 0 Å². The largest absolute Gasteiger partial charge is 0.416 e. The summed E-state index contributed by atoms with van der Waals surface area (Å²) in [5, 5.41) is 4.02. The predicted molar refractivity (Wildman–Crippen MR) is 81.3 cm³/mol. The van der Waals surface area contributed by atoms with Gasteiger partial charge >= 0.3 is 6.18 Å². The Kier molecular flexibility index (Phi) is 4.69. The number of thioether (sulfide) groups is 1. The molecule has 20 heavy (non-hydrogen) atoms. The van der Waals surface area contributed by atoms with Crippen LogP contribution < -0.4 is 5.32 Å². The molecule has 0 radical (unpaired) electrons. The van der Waals surface area contributed by atoms with E-state index in [1.165, 1.54) is 0 Å². The number of amidine groups is 1. The standard InChI is InChI=1S/C13H14BrF3N2S/c1-7(2)11-6-18-12(20-11)19-10-4-8(13(15,16)17)3-9(14)5-10/h3-5,7,11H,6H2,1-2H3,(H,18,19). The van der Waals surface area contributed by atoms with E-state index in [2.05, 4.69) is 40.1 Å². The summed E-state index contributed by atoms with van der Waals surface area (Å²) in [4.78, 5) is 4.33. The topological polar surface area (TPSA) is 24.4 Å². The molecule has 0 saturated carbocycles. The van der Waals surface area contributed by atoms with Crippen LogP contribution in [-0.2, 0) is 6.18 Å². The molecule has 0 bridgehead atoms. The van der Waals surface area contributed by atoms with Gasteiger partial charge in [0.1, 0.15) is 0 Å². The molecule has 1 aliphatic rings. The summed E-state index contributed by atoms with van der Waals surface area (Å²) in [5.74, 6) is 0.483.